The summed E-state index contributed by atoms with van der Waals surface area (Å²) >= 11 is 0. The number of benzene rings is 3. The maximum atomic E-state index is 13.7. The van der Waals surface area contributed by atoms with E-state index in [1.807, 2.05) is 12.1 Å². The van der Waals surface area contributed by atoms with E-state index >= 15 is 0 Å². The summed E-state index contributed by atoms with van der Waals surface area (Å²) in [5.41, 5.74) is 6.31. The zero-order valence-corrected chi connectivity index (χ0v) is 17.6. The van der Waals surface area contributed by atoms with Gasteiger partial charge in [-0.3, -0.25) is 0 Å². The zero-order valence-electron chi connectivity index (χ0n) is 16.8. The molecule has 0 heterocycles. The van der Waals surface area contributed by atoms with Crippen LogP contribution in [-0.4, -0.2) is 8.42 Å². The molecule has 0 aliphatic heterocycles. The van der Waals surface area contributed by atoms with Gasteiger partial charge in [-0.25, -0.2) is 8.42 Å². The van der Waals surface area contributed by atoms with Gasteiger partial charge in [-0.2, -0.15) is 0 Å². The van der Waals surface area contributed by atoms with Gasteiger partial charge in [0.25, 0.3) is 0 Å². The molecule has 3 heteroatoms. The number of rotatable bonds is 4. The first kappa shape index (κ1) is 18.9. The van der Waals surface area contributed by atoms with Gasteiger partial charge < -0.3 is 0 Å². The molecular weight excluding hydrogens is 364 g/mol. The Morgan fingerprint density at radius 3 is 1.93 bits per heavy atom. The van der Waals surface area contributed by atoms with Crippen LogP contribution >= 0.6 is 0 Å². The number of hydrogen-bond donors (Lipinski definition) is 0. The van der Waals surface area contributed by atoms with E-state index in [2.05, 4.69) is 58.0 Å². The first-order valence-corrected chi connectivity index (χ1v) is 11.4. The average Bonchev–Trinajstić information content (AvgIpc) is 3.02. The Kier molecular flexibility index (Phi) is 4.67. The third-order valence-corrected chi connectivity index (χ3v) is 7.78. The van der Waals surface area contributed by atoms with Crippen LogP contribution in [0, 0.1) is 0 Å². The van der Waals surface area contributed by atoms with Gasteiger partial charge in [0.15, 0.2) is 9.84 Å². The third kappa shape index (κ3) is 2.98. The third-order valence-electron chi connectivity index (χ3n) is 5.72. The summed E-state index contributed by atoms with van der Waals surface area (Å²) in [5, 5.41) is -0.653. The van der Waals surface area contributed by atoms with Crippen LogP contribution in [0.1, 0.15) is 67.0 Å². The number of fused-ring (bicyclic) bond motifs is 3. The van der Waals surface area contributed by atoms with Crippen molar-refractivity contribution in [1.82, 2.24) is 0 Å². The lowest BCUT2D eigenvalue weighted by molar-refractivity contribution is 0.590. The van der Waals surface area contributed by atoms with Crippen molar-refractivity contribution in [2.24, 2.45) is 0 Å². The van der Waals surface area contributed by atoms with E-state index in [9.17, 15) is 8.42 Å². The molecule has 0 fully saturated rings. The molecule has 4 rings (SSSR count). The lowest BCUT2D eigenvalue weighted by Crippen LogP contribution is -2.13. The molecule has 0 amide bonds. The van der Waals surface area contributed by atoms with Gasteiger partial charge >= 0.3 is 0 Å². The predicted molar refractivity (Wildman–Crippen MR) is 116 cm³/mol. The Hall–Kier alpha value is -2.39. The summed E-state index contributed by atoms with van der Waals surface area (Å²) in [5.74, 6) is 0.744. The SMILES string of the molecule is CC(C)c1ccc2c(c1)-c1ccc(C(C)C)cc1C2S(=O)(=O)c1ccccc1. The molecule has 3 aromatic carbocycles. The van der Waals surface area contributed by atoms with Gasteiger partial charge in [0, 0.05) is 0 Å². The Labute approximate surface area is 168 Å². The van der Waals surface area contributed by atoms with Crippen molar-refractivity contribution in [2.75, 3.05) is 0 Å². The first-order valence-electron chi connectivity index (χ1n) is 9.87. The standard InChI is InChI=1S/C25H26O2S/c1-16(2)18-11-13-22-23(14-18)21-12-10-19(17(3)4)15-24(21)25(22)28(26,27)20-8-6-5-7-9-20/h5-17,25H,1-4H3. The second-order valence-electron chi connectivity index (χ2n) is 8.24. The van der Waals surface area contributed by atoms with E-state index in [0.29, 0.717) is 16.7 Å². The molecule has 0 radical (unpaired) electrons. The van der Waals surface area contributed by atoms with E-state index < -0.39 is 15.1 Å². The summed E-state index contributed by atoms with van der Waals surface area (Å²) in [7, 11) is -3.54. The minimum Gasteiger partial charge on any atom is -0.223 e. The van der Waals surface area contributed by atoms with Crippen molar-refractivity contribution in [3.63, 3.8) is 0 Å². The van der Waals surface area contributed by atoms with E-state index in [4.69, 9.17) is 0 Å². The highest BCUT2D eigenvalue weighted by Crippen LogP contribution is 2.50. The van der Waals surface area contributed by atoms with E-state index in [-0.39, 0.29) is 0 Å². The molecule has 0 aromatic heterocycles. The van der Waals surface area contributed by atoms with E-state index in [0.717, 1.165) is 22.3 Å². The molecule has 1 aliphatic carbocycles. The van der Waals surface area contributed by atoms with Crippen molar-refractivity contribution < 1.29 is 8.42 Å². The second-order valence-corrected chi connectivity index (χ2v) is 10.3. The molecule has 1 aliphatic rings. The Balaban J connectivity index is 1.99. The van der Waals surface area contributed by atoms with E-state index in [1.165, 1.54) is 11.1 Å². The highest BCUT2D eigenvalue weighted by atomic mass is 32.2. The van der Waals surface area contributed by atoms with Crippen molar-refractivity contribution >= 4 is 9.84 Å². The summed E-state index contributed by atoms with van der Waals surface area (Å²) in [6.07, 6.45) is 0. The van der Waals surface area contributed by atoms with Gasteiger partial charge in [-0.05, 0) is 57.3 Å². The molecule has 28 heavy (non-hydrogen) atoms. The molecule has 0 saturated carbocycles. The Bertz CT molecular complexity index is 1130. The molecule has 0 saturated heterocycles. The molecule has 0 N–H and O–H groups in total. The summed E-state index contributed by atoms with van der Waals surface area (Å²) in [6, 6.07) is 21.4. The summed E-state index contributed by atoms with van der Waals surface area (Å²) in [6.45, 7) is 8.61. The van der Waals surface area contributed by atoms with Crippen molar-refractivity contribution in [1.29, 1.82) is 0 Å². The Morgan fingerprint density at radius 1 is 0.679 bits per heavy atom. The summed E-state index contributed by atoms with van der Waals surface area (Å²) < 4.78 is 27.3. The van der Waals surface area contributed by atoms with Crippen LogP contribution in [0.2, 0.25) is 0 Å². The van der Waals surface area contributed by atoms with Crippen LogP contribution in [0.15, 0.2) is 71.6 Å². The van der Waals surface area contributed by atoms with Crippen LogP contribution in [0.25, 0.3) is 11.1 Å². The van der Waals surface area contributed by atoms with Gasteiger partial charge in [0.05, 0.1) is 4.90 Å². The second kappa shape index (κ2) is 6.89. The van der Waals surface area contributed by atoms with Crippen molar-refractivity contribution in [3.05, 3.63) is 89.0 Å². The molecule has 0 spiro atoms. The highest BCUT2D eigenvalue weighted by Gasteiger charge is 2.39. The minimum absolute atomic E-state index is 0.348. The van der Waals surface area contributed by atoms with Gasteiger partial charge in [0.2, 0.25) is 0 Å². The quantitative estimate of drug-likeness (QED) is 0.511. The fraction of sp³-hybridized carbons (Fsp3) is 0.280. The molecule has 144 valence electrons. The van der Waals surface area contributed by atoms with Crippen LogP contribution in [0.4, 0.5) is 0 Å². The Morgan fingerprint density at radius 2 is 1.29 bits per heavy atom. The molecule has 1 unspecified atom stereocenters. The maximum Gasteiger partial charge on any atom is 0.189 e. The van der Waals surface area contributed by atoms with Gasteiger partial charge in [-0.15, -0.1) is 0 Å². The van der Waals surface area contributed by atoms with Crippen LogP contribution in [0.5, 0.6) is 0 Å². The first-order chi connectivity index (χ1) is 13.3. The molecule has 1 atom stereocenters. The topological polar surface area (TPSA) is 34.1 Å². The fourth-order valence-corrected chi connectivity index (χ4v) is 5.92. The van der Waals surface area contributed by atoms with Crippen LogP contribution in [0.3, 0.4) is 0 Å². The van der Waals surface area contributed by atoms with Crippen LogP contribution < -0.4 is 0 Å². The monoisotopic (exact) mass is 390 g/mol. The average molecular weight is 391 g/mol. The van der Waals surface area contributed by atoms with Gasteiger partial charge in [-0.1, -0.05) is 82.3 Å². The number of hydrogen-bond acceptors (Lipinski definition) is 2. The largest absolute Gasteiger partial charge is 0.223 e. The van der Waals surface area contributed by atoms with Crippen molar-refractivity contribution in [3.8, 4) is 11.1 Å². The van der Waals surface area contributed by atoms with E-state index in [1.54, 1.807) is 24.3 Å². The molecular formula is C25H26O2S. The minimum atomic E-state index is -3.54. The lowest BCUT2D eigenvalue weighted by atomic mass is 9.95. The predicted octanol–water partition coefficient (Wildman–Crippen LogP) is 6.48. The molecule has 2 nitrogen and oxygen atoms in total. The molecule has 0 bridgehead atoms. The lowest BCUT2D eigenvalue weighted by Gasteiger charge is -2.17. The summed E-state index contributed by atoms with van der Waals surface area (Å²) in [4.78, 5) is 0.377. The zero-order chi connectivity index (χ0) is 20.1. The maximum absolute atomic E-state index is 13.7. The smallest absolute Gasteiger partial charge is 0.189 e. The van der Waals surface area contributed by atoms with Crippen molar-refractivity contribution in [2.45, 2.75) is 49.7 Å². The number of sulfone groups is 1. The normalized spacial score (nSPS) is 15.7. The fourth-order valence-electron chi connectivity index (χ4n) is 4.05. The van der Waals surface area contributed by atoms with Gasteiger partial charge in [0.1, 0.15) is 5.25 Å². The molecule has 3 aromatic rings. The highest BCUT2D eigenvalue weighted by molar-refractivity contribution is 7.92. The van der Waals surface area contributed by atoms with Crippen LogP contribution in [-0.2, 0) is 9.84 Å².